The lowest BCUT2D eigenvalue weighted by Crippen LogP contribution is -2.39. The van der Waals surface area contributed by atoms with Gasteiger partial charge in [-0.05, 0) is 96.2 Å². The maximum atomic E-state index is 12.9. The molecular weight excluding hydrogens is 821 g/mol. The lowest BCUT2D eigenvalue weighted by Gasteiger charge is -2.23. The molecular formula is C58H108N2O6. The summed E-state index contributed by atoms with van der Waals surface area (Å²) in [4.78, 5) is 52.3. The van der Waals surface area contributed by atoms with Gasteiger partial charge in [-0.1, -0.05) is 208 Å². The normalized spacial score (nSPS) is 11.8. The number of anilines is 1. The highest BCUT2D eigenvalue weighted by molar-refractivity contribution is 5.69. The van der Waals surface area contributed by atoms with Crippen LogP contribution in [0.15, 0.2) is 9.59 Å². The van der Waals surface area contributed by atoms with E-state index in [2.05, 4.69) is 37.9 Å². The third-order valence-corrected chi connectivity index (χ3v) is 14.0. The summed E-state index contributed by atoms with van der Waals surface area (Å²) < 4.78 is 11.8. The van der Waals surface area contributed by atoms with Gasteiger partial charge in [0.15, 0.2) is 0 Å². The Morgan fingerprint density at radius 2 is 0.879 bits per heavy atom. The Balaban J connectivity index is 2.45. The number of carbonyl (C=O) groups excluding carboxylic acids is 2. The molecule has 0 aliphatic heterocycles. The second-order valence-corrected chi connectivity index (χ2v) is 20.2. The Morgan fingerprint density at radius 3 is 1.39 bits per heavy atom. The smallest absolute Gasteiger partial charge is 0.306 e. The number of hydrogen-bond acceptors (Lipinski definition) is 8. The van der Waals surface area contributed by atoms with Gasteiger partial charge in [-0.3, -0.25) is 19.2 Å². The van der Waals surface area contributed by atoms with E-state index in [0.29, 0.717) is 49.6 Å². The van der Waals surface area contributed by atoms with Crippen molar-refractivity contribution < 1.29 is 19.1 Å². The average molecular weight is 930 g/mol. The van der Waals surface area contributed by atoms with Crippen LogP contribution in [0.4, 0.5) is 5.69 Å². The number of nitrogens with zero attached hydrogens (tertiary/aromatic N) is 1. The first kappa shape index (κ1) is 61.8. The van der Waals surface area contributed by atoms with Crippen LogP contribution in [0.5, 0.6) is 0 Å². The van der Waals surface area contributed by atoms with E-state index in [-0.39, 0.29) is 28.9 Å². The molecule has 66 heavy (non-hydrogen) atoms. The van der Waals surface area contributed by atoms with E-state index in [1.165, 1.54) is 141 Å². The van der Waals surface area contributed by atoms with Crippen molar-refractivity contribution in [1.82, 2.24) is 4.90 Å². The summed E-state index contributed by atoms with van der Waals surface area (Å²) in [6.07, 6.45) is 45.7. The zero-order chi connectivity index (χ0) is 48.1. The fraction of sp³-hybridized carbons (Fsp3) is 0.897. The first-order valence-electron chi connectivity index (χ1n) is 28.9. The number of unbranched alkanes of at least 4 members (excludes halogenated alkanes) is 24. The molecule has 0 radical (unpaired) electrons. The first-order chi connectivity index (χ1) is 32.3. The Kier molecular flexibility index (Phi) is 42.4. The van der Waals surface area contributed by atoms with Crippen LogP contribution in [0.1, 0.15) is 291 Å². The number of esters is 2. The third kappa shape index (κ3) is 34.1. The van der Waals surface area contributed by atoms with Gasteiger partial charge in [-0.15, -0.1) is 0 Å². The van der Waals surface area contributed by atoms with Gasteiger partial charge >= 0.3 is 11.9 Å². The molecule has 1 aromatic rings. The highest BCUT2D eigenvalue weighted by Gasteiger charge is 2.19. The molecule has 0 aliphatic carbocycles. The zero-order valence-corrected chi connectivity index (χ0v) is 44.4. The van der Waals surface area contributed by atoms with Crippen molar-refractivity contribution in [1.29, 1.82) is 0 Å². The number of nitrogens with one attached hydrogen (secondary N) is 1. The van der Waals surface area contributed by atoms with Gasteiger partial charge in [0.25, 0.3) is 0 Å². The molecule has 0 aromatic heterocycles. The van der Waals surface area contributed by atoms with Crippen molar-refractivity contribution in [2.75, 3.05) is 38.1 Å². The van der Waals surface area contributed by atoms with E-state index in [0.717, 1.165) is 116 Å². The quantitative estimate of drug-likeness (QED) is 0.0392. The number of rotatable bonds is 51. The van der Waals surface area contributed by atoms with Crippen molar-refractivity contribution in [3.05, 3.63) is 26.0 Å². The summed E-state index contributed by atoms with van der Waals surface area (Å²) in [5.41, 5.74) is 0.563. The van der Waals surface area contributed by atoms with E-state index in [9.17, 15) is 19.2 Å². The van der Waals surface area contributed by atoms with Crippen LogP contribution >= 0.6 is 0 Å². The molecule has 1 N–H and O–H groups in total. The Labute approximate surface area is 407 Å². The van der Waals surface area contributed by atoms with E-state index in [1.807, 2.05) is 6.92 Å². The van der Waals surface area contributed by atoms with Gasteiger partial charge in [0.2, 0.25) is 10.9 Å². The minimum atomic E-state index is -0.354. The van der Waals surface area contributed by atoms with Crippen molar-refractivity contribution in [3.8, 4) is 0 Å². The number of carbonyl (C=O) groups is 2. The molecule has 0 unspecified atom stereocenters. The molecule has 0 aliphatic rings. The van der Waals surface area contributed by atoms with Gasteiger partial charge in [-0.2, -0.15) is 0 Å². The molecule has 0 saturated carbocycles. The van der Waals surface area contributed by atoms with Gasteiger partial charge < -0.3 is 19.7 Å². The van der Waals surface area contributed by atoms with Crippen LogP contribution in [0.2, 0.25) is 0 Å². The summed E-state index contributed by atoms with van der Waals surface area (Å²) in [6.45, 7) is 15.4. The molecule has 0 spiro atoms. The largest absolute Gasteiger partial charge is 0.466 e. The highest BCUT2D eigenvalue weighted by atomic mass is 16.5. The van der Waals surface area contributed by atoms with Crippen molar-refractivity contribution in [3.63, 3.8) is 0 Å². The van der Waals surface area contributed by atoms with E-state index >= 15 is 0 Å². The summed E-state index contributed by atoms with van der Waals surface area (Å²) in [5.74, 6) is 0.667. The van der Waals surface area contributed by atoms with Gasteiger partial charge in [0.1, 0.15) is 6.10 Å². The molecule has 0 bridgehead atoms. The Bertz CT molecular complexity index is 1300. The molecule has 0 fully saturated rings. The fourth-order valence-corrected chi connectivity index (χ4v) is 9.61. The molecule has 386 valence electrons. The molecule has 0 amide bonds. The van der Waals surface area contributed by atoms with E-state index in [4.69, 9.17) is 9.47 Å². The summed E-state index contributed by atoms with van der Waals surface area (Å²) in [5, 5.41) is 3.29. The molecule has 0 saturated heterocycles. The number of ether oxygens (including phenoxy) is 2. The van der Waals surface area contributed by atoms with Crippen molar-refractivity contribution in [2.45, 2.75) is 298 Å². The second-order valence-electron chi connectivity index (χ2n) is 20.2. The van der Waals surface area contributed by atoms with Gasteiger partial charge in [0, 0.05) is 24.9 Å². The Hall–Kier alpha value is -2.22. The second kappa shape index (κ2) is 45.2. The number of hydrogen-bond donors (Lipinski definition) is 1. The van der Waals surface area contributed by atoms with Crippen LogP contribution in [-0.2, 0) is 25.5 Å². The van der Waals surface area contributed by atoms with Gasteiger partial charge in [0.05, 0.1) is 12.3 Å². The van der Waals surface area contributed by atoms with Gasteiger partial charge in [-0.25, -0.2) is 0 Å². The SMILES string of the molecule is CCCCCCCCC(CCCCCCCC)OC(=O)CCCCCCCN(CCCCCCCC(=O)OCCC(CCCCCC)CCCCCC)CCCNc1c(CCC)c(=O)c1=O. The van der Waals surface area contributed by atoms with Crippen LogP contribution < -0.4 is 16.2 Å². The van der Waals surface area contributed by atoms with E-state index < -0.39 is 0 Å². The molecule has 0 atom stereocenters. The highest BCUT2D eigenvalue weighted by Crippen LogP contribution is 2.23. The molecule has 0 heterocycles. The third-order valence-electron chi connectivity index (χ3n) is 14.0. The van der Waals surface area contributed by atoms with E-state index in [1.54, 1.807) is 0 Å². The summed E-state index contributed by atoms with van der Waals surface area (Å²) >= 11 is 0. The molecule has 1 aromatic carbocycles. The van der Waals surface area contributed by atoms with Crippen molar-refractivity contribution >= 4 is 17.6 Å². The lowest BCUT2D eigenvalue weighted by atomic mass is 9.92. The van der Waals surface area contributed by atoms with Crippen LogP contribution in [0.3, 0.4) is 0 Å². The molecule has 8 nitrogen and oxygen atoms in total. The minimum absolute atomic E-state index is 0.00234. The minimum Gasteiger partial charge on any atom is -0.466 e. The maximum absolute atomic E-state index is 12.9. The zero-order valence-electron chi connectivity index (χ0n) is 44.4. The standard InChI is InChI=1S/C58H108N2O6/c1-6-11-15-19-23-31-41-52(42-32-24-20-16-12-7-2)66-55(62)44-34-26-22-28-36-48-60(49-37-46-59-56-53(38-10-5)57(63)58(56)64)47-35-27-21-25-33-43-54(61)65-50-45-51(39-29-17-13-8-3)40-30-18-14-9-4/h51-52,59H,6-50H2,1-5H3. The molecule has 1 rings (SSSR count). The van der Waals surface area contributed by atoms with Crippen LogP contribution in [0, 0.1) is 5.92 Å². The molecule has 8 heteroatoms. The topological polar surface area (TPSA) is 102 Å². The predicted molar refractivity (Wildman–Crippen MR) is 283 cm³/mol. The average Bonchev–Trinajstić information content (AvgIpc) is 3.31. The van der Waals surface area contributed by atoms with Crippen LogP contribution in [-0.4, -0.2) is 55.7 Å². The maximum Gasteiger partial charge on any atom is 0.306 e. The van der Waals surface area contributed by atoms with Crippen LogP contribution in [0.25, 0.3) is 0 Å². The summed E-state index contributed by atoms with van der Waals surface area (Å²) in [6, 6.07) is 0. The summed E-state index contributed by atoms with van der Waals surface area (Å²) in [7, 11) is 0. The lowest BCUT2D eigenvalue weighted by molar-refractivity contribution is -0.150. The first-order valence-corrected chi connectivity index (χ1v) is 28.9. The monoisotopic (exact) mass is 929 g/mol. The Morgan fingerprint density at radius 1 is 0.455 bits per heavy atom. The fourth-order valence-electron chi connectivity index (χ4n) is 9.61. The van der Waals surface area contributed by atoms with Crippen molar-refractivity contribution in [2.24, 2.45) is 5.92 Å². The predicted octanol–water partition coefficient (Wildman–Crippen LogP) is 15.9.